The second kappa shape index (κ2) is 9.42. The highest BCUT2D eigenvalue weighted by molar-refractivity contribution is 7.99. The van der Waals surface area contributed by atoms with Crippen molar-refractivity contribution in [2.75, 3.05) is 25.4 Å². The van der Waals surface area contributed by atoms with Gasteiger partial charge < -0.3 is 9.88 Å². The van der Waals surface area contributed by atoms with Gasteiger partial charge >= 0.3 is 0 Å². The average molecular weight is 388 g/mol. The zero-order valence-electron chi connectivity index (χ0n) is 14.1. The first-order chi connectivity index (χ1) is 10.7. The number of aromatic amines is 1. The summed E-state index contributed by atoms with van der Waals surface area (Å²) in [6, 6.07) is 6.28. The molecule has 1 aromatic carbocycles. The Morgan fingerprint density at radius 1 is 1.12 bits per heavy atom. The molecule has 0 fully saturated rings. The Balaban J connectivity index is 0.00000144. The highest BCUT2D eigenvalue weighted by Gasteiger charge is 2.10. The summed E-state index contributed by atoms with van der Waals surface area (Å²) in [6.07, 6.45) is 0. The van der Waals surface area contributed by atoms with Crippen molar-refractivity contribution in [1.82, 2.24) is 25.1 Å². The van der Waals surface area contributed by atoms with E-state index < -0.39 is 0 Å². The number of fused-ring (bicyclic) bond motifs is 3. The van der Waals surface area contributed by atoms with Crippen LogP contribution in [-0.2, 0) is 0 Å². The van der Waals surface area contributed by atoms with E-state index in [9.17, 15) is 0 Å². The van der Waals surface area contributed by atoms with E-state index in [4.69, 9.17) is 0 Å². The number of hydrogen-bond donors (Lipinski definition) is 1. The number of benzene rings is 1. The molecule has 0 spiro atoms. The number of aromatic nitrogens is 4. The lowest BCUT2D eigenvalue weighted by atomic mass is 10.2. The second-order valence-corrected chi connectivity index (χ2v) is 6.40. The Morgan fingerprint density at radius 2 is 1.88 bits per heavy atom. The number of rotatable bonds is 6. The minimum absolute atomic E-state index is 0. The molecule has 2 heterocycles. The van der Waals surface area contributed by atoms with Gasteiger partial charge in [0.1, 0.15) is 5.52 Å². The van der Waals surface area contributed by atoms with Crippen LogP contribution in [0.3, 0.4) is 0 Å². The summed E-state index contributed by atoms with van der Waals surface area (Å²) in [7, 11) is 0. The number of nitrogens with one attached hydrogen (secondary N) is 1. The smallest absolute Gasteiger partial charge is 0.211 e. The van der Waals surface area contributed by atoms with Gasteiger partial charge in [-0.25, -0.2) is 4.98 Å². The third-order valence-corrected chi connectivity index (χ3v) is 4.70. The monoisotopic (exact) mass is 387 g/mol. The Labute approximate surface area is 158 Å². The van der Waals surface area contributed by atoms with Crippen LogP contribution in [0.1, 0.15) is 19.4 Å². The van der Waals surface area contributed by atoms with E-state index in [-0.39, 0.29) is 24.8 Å². The van der Waals surface area contributed by atoms with Crippen molar-refractivity contribution in [3.05, 3.63) is 23.8 Å². The van der Waals surface area contributed by atoms with Crippen molar-refractivity contribution in [1.29, 1.82) is 0 Å². The van der Waals surface area contributed by atoms with Crippen LogP contribution in [-0.4, -0.2) is 50.5 Å². The van der Waals surface area contributed by atoms with Gasteiger partial charge in [-0.05, 0) is 32.1 Å². The predicted molar refractivity (Wildman–Crippen MR) is 107 cm³/mol. The molecule has 0 aliphatic heterocycles. The third kappa shape index (κ3) is 4.51. The molecule has 0 saturated carbocycles. The summed E-state index contributed by atoms with van der Waals surface area (Å²) in [6.45, 7) is 9.66. The van der Waals surface area contributed by atoms with Crippen molar-refractivity contribution >= 4 is 58.6 Å². The fourth-order valence-corrected chi connectivity index (χ4v) is 3.32. The second-order valence-electron chi connectivity index (χ2n) is 5.34. The van der Waals surface area contributed by atoms with Crippen molar-refractivity contribution in [3.63, 3.8) is 0 Å². The zero-order chi connectivity index (χ0) is 15.5. The molecule has 0 saturated heterocycles. The number of nitrogens with zero attached hydrogens (tertiary/aromatic N) is 4. The highest BCUT2D eigenvalue weighted by Crippen LogP contribution is 2.24. The molecule has 24 heavy (non-hydrogen) atoms. The van der Waals surface area contributed by atoms with Crippen LogP contribution in [0.4, 0.5) is 0 Å². The van der Waals surface area contributed by atoms with Crippen molar-refractivity contribution in [2.24, 2.45) is 0 Å². The first kappa shape index (κ1) is 21.0. The van der Waals surface area contributed by atoms with Gasteiger partial charge in [-0.15, -0.1) is 35.0 Å². The van der Waals surface area contributed by atoms with Crippen LogP contribution in [0.2, 0.25) is 0 Å². The Bertz CT molecular complexity index is 789. The molecule has 0 bridgehead atoms. The molecular formula is C16H23Cl2N5S. The lowest BCUT2D eigenvalue weighted by Gasteiger charge is -2.16. The van der Waals surface area contributed by atoms with E-state index in [1.165, 1.54) is 5.56 Å². The SMILES string of the molecule is CCN(CC)CCSc1nnc2c(n1)[nH]c1ccc(C)cc12.Cl.Cl. The van der Waals surface area contributed by atoms with Crippen LogP contribution in [0.5, 0.6) is 0 Å². The van der Waals surface area contributed by atoms with Gasteiger partial charge in [-0.3, -0.25) is 0 Å². The van der Waals surface area contributed by atoms with E-state index >= 15 is 0 Å². The number of aryl methyl sites for hydroxylation is 1. The molecule has 8 heteroatoms. The van der Waals surface area contributed by atoms with Gasteiger partial charge in [0.05, 0.1) is 0 Å². The lowest BCUT2D eigenvalue weighted by molar-refractivity contribution is 0.324. The van der Waals surface area contributed by atoms with Crippen LogP contribution in [0, 0.1) is 6.92 Å². The summed E-state index contributed by atoms with van der Waals surface area (Å²) in [4.78, 5) is 10.3. The van der Waals surface area contributed by atoms with Crippen LogP contribution in [0.15, 0.2) is 23.4 Å². The highest BCUT2D eigenvalue weighted by atomic mass is 35.5. The number of halogens is 2. The molecule has 3 rings (SSSR count). The average Bonchev–Trinajstić information content (AvgIpc) is 2.88. The number of H-pyrrole nitrogens is 1. The molecule has 0 radical (unpaired) electrons. The van der Waals surface area contributed by atoms with Crippen LogP contribution < -0.4 is 0 Å². The predicted octanol–water partition coefficient (Wildman–Crippen LogP) is 4.09. The van der Waals surface area contributed by atoms with Gasteiger partial charge in [-0.1, -0.05) is 37.2 Å². The fraction of sp³-hybridized carbons (Fsp3) is 0.438. The van der Waals surface area contributed by atoms with Gasteiger partial charge in [-0.2, -0.15) is 0 Å². The first-order valence-corrected chi connectivity index (χ1v) is 8.67. The summed E-state index contributed by atoms with van der Waals surface area (Å²) in [5, 5.41) is 10.5. The largest absolute Gasteiger partial charge is 0.338 e. The van der Waals surface area contributed by atoms with E-state index in [1.54, 1.807) is 11.8 Å². The molecule has 5 nitrogen and oxygen atoms in total. The minimum atomic E-state index is 0. The molecular weight excluding hydrogens is 365 g/mol. The molecule has 0 aliphatic carbocycles. The first-order valence-electron chi connectivity index (χ1n) is 7.69. The molecule has 2 aromatic heterocycles. The van der Waals surface area contributed by atoms with Gasteiger partial charge in [0.25, 0.3) is 0 Å². The quantitative estimate of drug-likeness (QED) is 0.645. The van der Waals surface area contributed by atoms with Gasteiger partial charge in [0.2, 0.25) is 5.16 Å². The lowest BCUT2D eigenvalue weighted by Crippen LogP contribution is -2.25. The zero-order valence-corrected chi connectivity index (χ0v) is 16.5. The topological polar surface area (TPSA) is 57.7 Å². The standard InChI is InChI=1S/C16H21N5S.2ClH/c1-4-21(5-2)8-9-22-16-18-15-14(19-20-16)12-10-11(3)6-7-13(12)17-15;;/h6-7,10H,4-5,8-9H2,1-3H3,(H,17,18,20);2*1H. The maximum absolute atomic E-state index is 4.61. The maximum atomic E-state index is 4.61. The van der Waals surface area contributed by atoms with Crippen molar-refractivity contribution in [3.8, 4) is 0 Å². The normalized spacial score (nSPS) is 10.8. The summed E-state index contributed by atoms with van der Waals surface area (Å²) < 4.78 is 0. The van der Waals surface area contributed by atoms with E-state index in [1.807, 2.05) is 0 Å². The molecule has 0 amide bonds. The molecule has 0 aliphatic rings. The Morgan fingerprint density at radius 3 is 2.58 bits per heavy atom. The molecule has 0 atom stereocenters. The van der Waals surface area contributed by atoms with E-state index in [0.717, 1.165) is 52.6 Å². The summed E-state index contributed by atoms with van der Waals surface area (Å²) >= 11 is 1.66. The Hall–Kier alpha value is -1.08. The summed E-state index contributed by atoms with van der Waals surface area (Å²) in [5.74, 6) is 0.980. The molecule has 1 N–H and O–H groups in total. The van der Waals surface area contributed by atoms with Crippen molar-refractivity contribution in [2.45, 2.75) is 25.9 Å². The summed E-state index contributed by atoms with van der Waals surface area (Å²) in [5.41, 5.74) is 3.95. The maximum Gasteiger partial charge on any atom is 0.211 e. The molecule has 0 unspecified atom stereocenters. The number of thioether (sulfide) groups is 1. The molecule has 132 valence electrons. The number of hydrogen-bond acceptors (Lipinski definition) is 5. The minimum Gasteiger partial charge on any atom is -0.338 e. The third-order valence-electron chi connectivity index (χ3n) is 3.88. The van der Waals surface area contributed by atoms with Crippen LogP contribution in [0.25, 0.3) is 22.1 Å². The van der Waals surface area contributed by atoms with Crippen molar-refractivity contribution < 1.29 is 0 Å². The molecule has 3 aromatic rings. The van der Waals surface area contributed by atoms with Gasteiger partial charge in [0.15, 0.2) is 5.65 Å². The van der Waals surface area contributed by atoms with E-state index in [0.29, 0.717) is 0 Å². The van der Waals surface area contributed by atoms with Crippen LogP contribution >= 0.6 is 36.6 Å². The fourth-order valence-electron chi connectivity index (χ4n) is 2.54. The Kier molecular flexibility index (Phi) is 8.22. The van der Waals surface area contributed by atoms with E-state index in [2.05, 4.69) is 64.0 Å². The van der Waals surface area contributed by atoms with Gasteiger partial charge in [0, 0.05) is 23.2 Å².